The topological polar surface area (TPSA) is 52.9 Å². The quantitative estimate of drug-likeness (QED) is 0.174. The minimum atomic E-state index is 0.0888. The number of ketones is 1. The van der Waals surface area contributed by atoms with Crippen molar-refractivity contribution in [2.24, 2.45) is 4.99 Å². The molecular formula is C27H52N2O2. The third kappa shape index (κ3) is 15.5. The van der Waals surface area contributed by atoms with Gasteiger partial charge in [-0.05, 0) is 6.42 Å². The van der Waals surface area contributed by atoms with Crippen molar-refractivity contribution in [3.63, 3.8) is 0 Å². The second-order valence-electron chi connectivity index (χ2n) is 9.45. The van der Waals surface area contributed by atoms with Gasteiger partial charge in [0.15, 0.2) is 11.6 Å². The van der Waals surface area contributed by atoms with Crippen LogP contribution in [-0.4, -0.2) is 47.9 Å². The van der Waals surface area contributed by atoms with Crippen LogP contribution < -0.4 is 0 Å². The van der Waals surface area contributed by atoms with Crippen LogP contribution in [0.4, 0.5) is 0 Å². The van der Waals surface area contributed by atoms with Gasteiger partial charge < -0.3 is 10.0 Å². The molecule has 0 spiro atoms. The number of β-amino-alcohol motifs (C(OH)–C–C–N with tert-alkyl or cyclic N) is 1. The van der Waals surface area contributed by atoms with Crippen LogP contribution in [0.5, 0.6) is 0 Å². The molecule has 0 aromatic carbocycles. The molecule has 1 heterocycles. The molecule has 0 unspecified atom stereocenters. The largest absolute Gasteiger partial charge is 0.395 e. The summed E-state index contributed by atoms with van der Waals surface area (Å²) in [4.78, 5) is 18.5. The molecule has 0 aliphatic carbocycles. The summed E-state index contributed by atoms with van der Waals surface area (Å²) in [6.07, 6.45) is 26.6. The number of hydrogen-bond donors (Lipinski definition) is 1. The highest BCUT2D eigenvalue weighted by Gasteiger charge is 2.22. The number of nitrogens with zero attached hydrogens (tertiary/aromatic N) is 2. The smallest absolute Gasteiger partial charge is 0.197 e. The van der Waals surface area contributed by atoms with Gasteiger partial charge in [0.05, 0.1) is 13.2 Å². The number of rotatable bonds is 23. The maximum atomic E-state index is 12.3. The highest BCUT2D eigenvalue weighted by Crippen LogP contribution is 2.15. The van der Waals surface area contributed by atoms with Crippen LogP contribution in [0.15, 0.2) is 4.99 Å². The van der Waals surface area contributed by atoms with Crippen LogP contribution in [0.3, 0.4) is 0 Å². The molecule has 0 saturated heterocycles. The number of carbonyl (C=O) groups is 1. The Morgan fingerprint density at radius 1 is 0.742 bits per heavy atom. The van der Waals surface area contributed by atoms with E-state index in [9.17, 15) is 4.79 Å². The number of aliphatic hydroxyl groups is 1. The average molecular weight is 437 g/mol. The Labute approximate surface area is 193 Å². The second kappa shape index (κ2) is 21.0. The van der Waals surface area contributed by atoms with Crippen LogP contribution in [0.25, 0.3) is 0 Å². The summed E-state index contributed by atoms with van der Waals surface area (Å²) in [6.45, 7) is 4.38. The first-order valence-corrected chi connectivity index (χ1v) is 13.7. The molecule has 0 fully saturated rings. The van der Waals surface area contributed by atoms with E-state index in [4.69, 9.17) is 5.11 Å². The predicted octanol–water partition coefficient (Wildman–Crippen LogP) is 7.08. The Morgan fingerprint density at radius 2 is 1.16 bits per heavy atom. The fourth-order valence-electron chi connectivity index (χ4n) is 4.56. The van der Waals surface area contributed by atoms with Crippen LogP contribution in [0, 0.1) is 0 Å². The number of carbonyl (C=O) groups excluding carboxylic acids is 1. The van der Waals surface area contributed by atoms with Crippen molar-refractivity contribution in [1.82, 2.24) is 4.90 Å². The standard InChI is InChI=1S/C27H52N2O2/c1-2-3-4-5-6-7-8-9-10-11-12-13-14-15-16-17-18-19-20-21-26(31)27-28-22-23-29(27)24-25-30/h30H,2-25H2,1H3. The molecule has 1 aliphatic heterocycles. The Hall–Kier alpha value is -0.900. The van der Waals surface area contributed by atoms with Crippen LogP contribution >= 0.6 is 0 Å². The molecule has 0 bridgehead atoms. The third-order valence-corrected chi connectivity index (χ3v) is 6.56. The summed E-state index contributed by atoms with van der Waals surface area (Å²) in [5.41, 5.74) is 0. The van der Waals surface area contributed by atoms with E-state index in [1.807, 2.05) is 4.90 Å². The monoisotopic (exact) mass is 436 g/mol. The summed E-state index contributed by atoms with van der Waals surface area (Å²) < 4.78 is 0. The normalized spacial score (nSPS) is 13.7. The predicted molar refractivity (Wildman–Crippen MR) is 134 cm³/mol. The molecule has 0 radical (unpaired) electrons. The summed E-state index contributed by atoms with van der Waals surface area (Å²) in [7, 11) is 0. The number of unbranched alkanes of at least 4 members (excludes halogenated alkanes) is 18. The van der Waals surface area contributed by atoms with Crippen molar-refractivity contribution in [3.05, 3.63) is 0 Å². The lowest BCUT2D eigenvalue weighted by Gasteiger charge is -2.17. The van der Waals surface area contributed by atoms with Gasteiger partial charge in [0.25, 0.3) is 0 Å². The van der Waals surface area contributed by atoms with Crippen molar-refractivity contribution in [1.29, 1.82) is 0 Å². The minimum Gasteiger partial charge on any atom is -0.395 e. The van der Waals surface area contributed by atoms with Gasteiger partial charge in [-0.25, -0.2) is 0 Å². The minimum absolute atomic E-state index is 0.0888. The van der Waals surface area contributed by atoms with Crippen LogP contribution in [0.1, 0.15) is 135 Å². The lowest BCUT2D eigenvalue weighted by Crippen LogP contribution is -2.35. The number of amidine groups is 1. The van der Waals surface area contributed by atoms with Gasteiger partial charge in [0.2, 0.25) is 0 Å². The summed E-state index contributed by atoms with van der Waals surface area (Å²) in [5, 5.41) is 9.06. The van der Waals surface area contributed by atoms with Gasteiger partial charge in [0.1, 0.15) is 0 Å². The first-order valence-electron chi connectivity index (χ1n) is 13.7. The maximum absolute atomic E-state index is 12.3. The molecule has 4 nitrogen and oxygen atoms in total. The average Bonchev–Trinajstić information content (AvgIpc) is 3.24. The number of aliphatic hydroxyl groups excluding tert-OH is 1. The Morgan fingerprint density at radius 3 is 1.58 bits per heavy atom. The number of hydrogen-bond acceptors (Lipinski definition) is 4. The van der Waals surface area contributed by atoms with E-state index in [0.29, 0.717) is 25.3 Å². The maximum Gasteiger partial charge on any atom is 0.197 e. The van der Waals surface area contributed by atoms with Gasteiger partial charge in [-0.2, -0.15) is 0 Å². The first-order chi connectivity index (χ1) is 15.3. The van der Waals surface area contributed by atoms with E-state index in [1.165, 1.54) is 109 Å². The highest BCUT2D eigenvalue weighted by molar-refractivity contribution is 6.39. The van der Waals surface area contributed by atoms with Gasteiger partial charge in [-0.1, -0.05) is 122 Å². The highest BCUT2D eigenvalue weighted by atomic mass is 16.3. The zero-order valence-corrected chi connectivity index (χ0v) is 20.7. The molecule has 31 heavy (non-hydrogen) atoms. The Kier molecular flexibility index (Phi) is 19.0. The van der Waals surface area contributed by atoms with Crippen molar-refractivity contribution in [2.75, 3.05) is 26.2 Å². The second-order valence-corrected chi connectivity index (χ2v) is 9.45. The van der Waals surface area contributed by atoms with Gasteiger partial charge in [-0.15, -0.1) is 0 Å². The summed E-state index contributed by atoms with van der Waals surface area (Å²) in [6, 6.07) is 0. The molecule has 0 aromatic heterocycles. The number of aliphatic imine (C=N–C) groups is 1. The fraction of sp³-hybridized carbons (Fsp3) is 0.926. The Bertz CT molecular complexity index is 451. The first kappa shape index (κ1) is 28.1. The van der Waals surface area contributed by atoms with Gasteiger partial charge in [-0.3, -0.25) is 9.79 Å². The molecule has 0 aromatic rings. The lowest BCUT2D eigenvalue weighted by molar-refractivity contribution is -0.113. The van der Waals surface area contributed by atoms with E-state index in [2.05, 4.69) is 11.9 Å². The molecule has 1 N–H and O–H groups in total. The molecule has 0 amide bonds. The SMILES string of the molecule is CCCCCCCCCCCCCCCCCCCCCC(=O)C1=NCCN1CCO. The summed E-state index contributed by atoms with van der Waals surface area (Å²) in [5.74, 6) is 0.773. The van der Waals surface area contributed by atoms with E-state index >= 15 is 0 Å². The van der Waals surface area contributed by atoms with Crippen LogP contribution in [0.2, 0.25) is 0 Å². The van der Waals surface area contributed by atoms with Gasteiger partial charge >= 0.3 is 0 Å². The Balaban J connectivity index is 1.77. The molecule has 4 heteroatoms. The molecule has 1 aliphatic rings. The van der Waals surface area contributed by atoms with E-state index in [1.54, 1.807) is 0 Å². The molecular weight excluding hydrogens is 384 g/mol. The summed E-state index contributed by atoms with van der Waals surface area (Å²) >= 11 is 0. The molecule has 182 valence electrons. The van der Waals surface area contributed by atoms with Crippen molar-refractivity contribution < 1.29 is 9.90 Å². The van der Waals surface area contributed by atoms with E-state index < -0.39 is 0 Å². The van der Waals surface area contributed by atoms with Crippen molar-refractivity contribution >= 4 is 11.6 Å². The zero-order valence-electron chi connectivity index (χ0n) is 20.7. The number of Topliss-reactive ketones (excluding diaryl/α,β-unsaturated/α-hetero) is 1. The molecule has 0 atom stereocenters. The van der Waals surface area contributed by atoms with Crippen LogP contribution in [-0.2, 0) is 4.79 Å². The van der Waals surface area contributed by atoms with Crippen molar-refractivity contribution in [3.8, 4) is 0 Å². The van der Waals surface area contributed by atoms with Gasteiger partial charge in [0, 0.05) is 19.5 Å². The zero-order chi connectivity index (χ0) is 22.4. The molecule has 0 saturated carbocycles. The van der Waals surface area contributed by atoms with Crippen molar-refractivity contribution in [2.45, 2.75) is 135 Å². The third-order valence-electron chi connectivity index (χ3n) is 6.56. The fourth-order valence-corrected chi connectivity index (χ4v) is 4.56. The van der Waals surface area contributed by atoms with E-state index in [0.717, 1.165) is 19.4 Å². The molecule has 1 rings (SSSR count). The van der Waals surface area contributed by atoms with E-state index in [-0.39, 0.29) is 12.4 Å². The lowest BCUT2D eigenvalue weighted by atomic mass is 10.0.